The Labute approximate surface area is 78.8 Å². The van der Waals surface area contributed by atoms with E-state index in [1.165, 1.54) is 0 Å². The maximum absolute atomic E-state index is 11.0. The Hall–Kier alpha value is -1.12. The van der Waals surface area contributed by atoms with Crippen molar-refractivity contribution in [2.24, 2.45) is 5.92 Å². The Kier molecular flexibility index (Phi) is 3.23. The molecule has 0 N–H and O–H groups in total. The molecule has 0 saturated heterocycles. The van der Waals surface area contributed by atoms with Gasteiger partial charge in [0, 0.05) is 18.7 Å². The molecule has 3 heteroatoms. The van der Waals surface area contributed by atoms with Gasteiger partial charge in [0.15, 0.2) is 0 Å². The summed E-state index contributed by atoms with van der Waals surface area (Å²) < 4.78 is 1.88. The van der Waals surface area contributed by atoms with Crippen LogP contribution >= 0.6 is 0 Å². The molecule has 0 aliphatic heterocycles. The molecule has 0 bridgehead atoms. The highest BCUT2D eigenvalue weighted by atomic mass is 16.1. The van der Waals surface area contributed by atoms with Gasteiger partial charge in [-0.2, -0.15) is 5.10 Å². The molecular formula is C10H16N2O. The third-order valence-electron chi connectivity index (χ3n) is 2.25. The van der Waals surface area contributed by atoms with Crippen molar-refractivity contribution in [1.29, 1.82) is 0 Å². The molecule has 0 amide bonds. The Morgan fingerprint density at radius 1 is 1.69 bits per heavy atom. The molecule has 0 saturated carbocycles. The second-order valence-corrected chi connectivity index (χ2v) is 3.42. The molecular weight excluding hydrogens is 164 g/mol. The molecule has 0 aromatic carbocycles. The predicted octanol–water partition coefficient (Wildman–Crippen LogP) is 1.67. The van der Waals surface area contributed by atoms with Gasteiger partial charge in [-0.05, 0) is 25.8 Å². The van der Waals surface area contributed by atoms with E-state index in [4.69, 9.17) is 0 Å². The Balaban J connectivity index is 2.58. The van der Waals surface area contributed by atoms with Crippen molar-refractivity contribution in [3.63, 3.8) is 0 Å². The smallest absolute Gasteiger partial charge is 0.132 e. The first kappa shape index (κ1) is 9.96. The first-order chi connectivity index (χ1) is 6.13. The fourth-order valence-corrected chi connectivity index (χ4v) is 1.18. The molecule has 1 unspecified atom stereocenters. The zero-order valence-corrected chi connectivity index (χ0v) is 8.45. The summed E-state index contributed by atoms with van der Waals surface area (Å²) >= 11 is 0. The lowest BCUT2D eigenvalue weighted by molar-refractivity contribution is -0.120. The predicted molar refractivity (Wildman–Crippen MR) is 51.5 cm³/mol. The first-order valence-electron chi connectivity index (χ1n) is 4.65. The van der Waals surface area contributed by atoms with E-state index in [1.54, 1.807) is 6.92 Å². The van der Waals surface area contributed by atoms with Crippen LogP contribution in [0.2, 0.25) is 0 Å². The van der Waals surface area contributed by atoms with Gasteiger partial charge in [-0.1, -0.05) is 6.92 Å². The molecule has 0 fully saturated rings. The number of aromatic nitrogens is 2. The normalized spacial score (nSPS) is 12.8. The standard InChI is InChI=1S/C10H16N2O/c1-4-12-7-10(6-11-12)5-8(2)9(3)13/h6-8H,4-5H2,1-3H3. The molecule has 72 valence electrons. The maximum Gasteiger partial charge on any atom is 0.132 e. The third kappa shape index (κ3) is 2.68. The van der Waals surface area contributed by atoms with Gasteiger partial charge < -0.3 is 0 Å². The van der Waals surface area contributed by atoms with Gasteiger partial charge >= 0.3 is 0 Å². The number of hydrogen-bond acceptors (Lipinski definition) is 2. The summed E-state index contributed by atoms with van der Waals surface area (Å²) in [4.78, 5) is 11.0. The van der Waals surface area contributed by atoms with Crippen LogP contribution in [0, 0.1) is 5.92 Å². The van der Waals surface area contributed by atoms with E-state index in [0.717, 1.165) is 18.5 Å². The van der Waals surface area contributed by atoms with Gasteiger partial charge in [0.05, 0.1) is 6.20 Å². The van der Waals surface area contributed by atoms with Crippen LogP contribution in [0.3, 0.4) is 0 Å². The molecule has 1 rings (SSSR count). The van der Waals surface area contributed by atoms with Crippen molar-refractivity contribution in [2.45, 2.75) is 33.7 Å². The second-order valence-electron chi connectivity index (χ2n) is 3.42. The van der Waals surface area contributed by atoms with Crippen LogP contribution in [-0.2, 0) is 17.8 Å². The van der Waals surface area contributed by atoms with Crippen LogP contribution in [0.1, 0.15) is 26.3 Å². The number of carbonyl (C=O) groups excluding carboxylic acids is 1. The number of ketones is 1. The third-order valence-corrected chi connectivity index (χ3v) is 2.25. The van der Waals surface area contributed by atoms with E-state index in [9.17, 15) is 4.79 Å². The molecule has 1 atom stereocenters. The van der Waals surface area contributed by atoms with E-state index < -0.39 is 0 Å². The summed E-state index contributed by atoms with van der Waals surface area (Å²) in [5.41, 5.74) is 1.14. The number of rotatable bonds is 4. The van der Waals surface area contributed by atoms with E-state index in [0.29, 0.717) is 0 Å². The number of nitrogens with zero attached hydrogens (tertiary/aromatic N) is 2. The van der Waals surface area contributed by atoms with Crippen LogP contribution in [0.25, 0.3) is 0 Å². The summed E-state index contributed by atoms with van der Waals surface area (Å²) in [6.07, 6.45) is 4.64. The first-order valence-corrected chi connectivity index (χ1v) is 4.65. The SMILES string of the molecule is CCn1cc(CC(C)C(C)=O)cn1. The Morgan fingerprint density at radius 2 is 2.38 bits per heavy atom. The van der Waals surface area contributed by atoms with E-state index >= 15 is 0 Å². The topological polar surface area (TPSA) is 34.9 Å². The molecule has 0 aliphatic carbocycles. The van der Waals surface area contributed by atoms with E-state index in [2.05, 4.69) is 5.10 Å². The van der Waals surface area contributed by atoms with Gasteiger partial charge in [0.2, 0.25) is 0 Å². The van der Waals surface area contributed by atoms with Crippen LogP contribution < -0.4 is 0 Å². The minimum Gasteiger partial charge on any atom is -0.300 e. The van der Waals surface area contributed by atoms with E-state index in [1.807, 2.05) is 30.9 Å². The molecule has 1 heterocycles. The summed E-state index contributed by atoms with van der Waals surface area (Å²) in [5, 5.41) is 4.15. The number of hydrogen-bond donors (Lipinski definition) is 0. The Morgan fingerprint density at radius 3 is 2.85 bits per heavy atom. The fourth-order valence-electron chi connectivity index (χ4n) is 1.18. The van der Waals surface area contributed by atoms with Crippen molar-refractivity contribution in [3.8, 4) is 0 Å². The average molecular weight is 180 g/mol. The van der Waals surface area contributed by atoms with Crippen LogP contribution in [0.4, 0.5) is 0 Å². The quantitative estimate of drug-likeness (QED) is 0.706. The molecule has 0 spiro atoms. The summed E-state index contributed by atoms with van der Waals surface area (Å²) in [6, 6.07) is 0. The van der Waals surface area contributed by atoms with E-state index in [-0.39, 0.29) is 11.7 Å². The monoisotopic (exact) mass is 180 g/mol. The minimum atomic E-state index is 0.106. The van der Waals surface area contributed by atoms with Gasteiger partial charge in [-0.3, -0.25) is 9.48 Å². The lowest BCUT2D eigenvalue weighted by atomic mass is 10.0. The number of aryl methyl sites for hydroxylation is 1. The molecule has 0 aliphatic rings. The van der Waals surface area contributed by atoms with Crippen molar-refractivity contribution in [2.75, 3.05) is 0 Å². The van der Waals surface area contributed by atoms with Crippen LogP contribution in [0.15, 0.2) is 12.4 Å². The highest BCUT2D eigenvalue weighted by Crippen LogP contribution is 2.08. The lowest BCUT2D eigenvalue weighted by Gasteiger charge is -2.03. The highest BCUT2D eigenvalue weighted by molar-refractivity contribution is 5.78. The highest BCUT2D eigenvalue weighted by Gasteiger charge is 2.09. The lowest BCUT2D eigenvalue weighted by Crippen LogP contribution is -2.08. The number of Topliss-reactive ketones (excluding diaryl/α,β-unsaturated/α-hetero) is 1. The summed E-state index contributed by atoms with van der Waals surface area (Å²) in [7, 11) is 0. The molecule has 1 aromatic rings. The minimum absolute atomic E-state index is 0.106. The van der Waals surface area contributed by atoms with Gasteiger partial charge in [0.1, 0.15) is 5.78 Å². The van der Waals surface area contributed by atoms with Gasteiger partial charge in [-0.25, -0.2) is 0 Å². The van der Waals surface area contributed by atoms with Crippen LogP contribution in [0.5, 0.6) is 0 Å². The maximum atomic E-state index is 11.0. The number of carbonyl (C=O) groups is 1. The zero-order chi connectivity index (χ0) is 9.84. The molecule has 0 radical (unpaired) electrons. The fraction of sp³-hybridized carbons (Fsp3) is 0.600. The molecule has 1 aromatic heterocycles. The van der Waals surface area contributed by atoms with Gasteiger partial charge in [-0.15, -0.1) is 0 Å². The molecule has 13 heavy (non-hydrogen) atoms. The van der Waals surface area contributed by atoms with Crippen molar-refractivity contribution < 1.29 is 4.79 Å². The average Bonchev–Trinajstić information content (AvgIpc) is 2.52. The largest absolute Gasteiger partial charge is 0.300 e. The van der Waals surface area contributed by atoms with Crippen molar-refractivity contribution in [1.82, 2.24) is 9.78 Å². The van der Waals surface area contributed by atoms with Crippen LogP contribution in [-0.4, -0.2) is 15.6 Å². The van der Waals surface area contributed by atoms with Gasteiger partial charge in [0.25, 0.3) is 0 Å². The second kappa shape index (κ2) is 4.21. The van der Waals surface area contributed by atoms with Crippen molar-refractivity contribution in [3.05, 3.63) is 18.0 Å². The Bertz CT molecular complexity index is 291. The summed E-state index contributed by atoms with van der Waals surface area (Å²) in [6.45, 7) is 6.51. The van der Waals surface area contributed by atoms with Crippen molar-refractivity contribution >= 4 is 5.78 Å². The summed E-state index contributed by atoms with van der Waals surface area (Å²) in [5.74, 6) is 0.346. The zero-order valence-electron chi connectivity index (χ0n) is 8.45. The molecule has 3 nitrogen and oxygen atoms in total.